The minimum absolute atomic E-state index is 0.0879. The van der Waals surface area contributed by atoms with Crippen LogP contribution in [-0.4, -0.2) is 32.5 Å². The number of hydrogen-bond donors (Lipinski definition) is 1. The summed E-state index contributed by atoms with van der Waals surface area (Å²) in [6, 6.07) is 10.2. The topological polar surface area (TPSA) is 91.3 Å². The molecule has 0 aromatic heterocycles. The maximum absolute atomic E-state index is 12.3. The van der Waals surface area contributed by atoms with Crippen molar-refractivity contribution in [1.29, 1.82) is 0 Å². The number of esters is 1. The average Bonchev–Trinajstić information content (AvgIpc) is 2.64. The molecular formula is C18H16NO6-. The van der Waals surface area contributed by atoms with Gasteiger partial charge in [-0.05, 0) is 22.9 Å². The number of methoxy groups -OCH3 is 3. The lowest BCUT2D eigenvalue weighted by atomic mass is 9.95. The number of hydrogen-bond acceptors (Lipinski definition) is 7. The van der Waals surface area contributed by atoms with Crippen molar-refractivity contribution in [2.24, 2.45) is 0 Å². The molecule has 7 heteroatoms. The molecule has 1 N–H and O–H groups in total. The van der Waals surface area contributed by atoms with Crippen LogP contribution in [0.15, 0.2) is 36.4 Å². The van der Waals surface area contributed by atoms with E-state index >= 15 is 0 Å². The molecule has 7 nitrogen and oxygen atoms in total. The van der Waals surface area contributed by atoms with Crippen LogP contribution in [0.4, 0.5) is 5.69 Å². The zero-order valence-electron chi connectivity index (χ0n) is 13.9. The molecule has 0 aliphatic carbocycles. The van der Waals surface area contributed by atoms with Crippen molar-refractivity contribution in [2.45, 2.75) is 0 Å². The van der Waals surface area contributed by atoms with Crippen LogP contribution < -0.4 is 14.7 Å². The molecular weight excluding hydrogens is 326 g/mol. The lowest BCUT2D eigenvalue weighted by Crippen LogP contribution is -2.11. The van der Waals surface area contributed by atoms with E-state index in [9.17, 15) is 15.2 Å². The third kappa shape index (κ3) is 2.59. The first kappa shape index (κ1) is 16.8. The van der Waals surface area contributed by atoms with Crippen LogP contribution in [0.3, 0.4) is 0 Å². The van der Waals surface area contributed by atoms with Gasteiger partial charge in [0.25, 0.3) is 0 Å². The molecule has 0 bridgehead atoms. The minimum Gasteiger partial charge on any atom is -0.733 e. The van der Waals surface area contributed by atoms with Gasteiger partial charge in [-0.15, -0.1) is 0 Å². The molecule has 0 spiro atoms. The average molecular weight is 342 g/mol. The highest BCUT2D eigenvalue weighted by Crippen LogP contribution is 2.45. The molecule has 0 radical (unpaired) electrons. The zero-order valence-corrected chi connectivity index (χ0v) is 13.9. The number of nitrogens with zero attached hydrogens (tertiary/aromatic N) is 1. The Morgan fingerprint density at radius 2 is 1.80 bits per heavy atom. The number of rotatable bonds is 4. The summed E-state index contributed by atoms with van der Waals surface area (Å²) < 4.78 is 15.7. The SMILES string of the molecule is COC(=O)c1cc(OC)c(OC)c2c1c(N([O-])O)cc1ccccc12. The van der Waals surface area contributed by atoms with Crippen molar-refractivity contribution in [3.63, 3.8) is 0 Å². The third-order valence-corrected chi connectivity index (χ3v) is 4.06. The van der Waals surface area contributed by atoms with Gasteiger partial charge in [-0.3, -0.25) is 5.21 Å². The molecule has 130 valence electrons. The van der Waals surface area contributed by atoms with Crippen LogP contribution in [0.25, 0.3) is 21.5 Å². The fourth-order valence-electron chi connectivity index (χ4n) is 3.01. The molecule has 0 amide bonds. The second-order valence-corrected chi connectivity index (χ2v) is 5.29. The highest BCUT2D eigenvalue weighted by atomic mass is 16.8. The summed E-state index contributed by atoms with van der Waals surface area (Å²) in [5, 5.41) is 23.2. The summed E-state index contributed by atoms with van der Waals surface area (Å²) in [4.78, 5) is 12.3. The first-order valence-corrected chi connectivity index (χ1v) is 7.38. The molecule has 0 atom stereocenters. The number of anilines is 1. The highest BCUT2D eigenvalue weighted by Gasteiger charge is 2.23. The Kier molecular flexibility index (Phi) is 4.35. The molecule has 0 saturated carbocycles. The van der Waals surface area contributed by atoms with E-state index in [1.54, 1.807) is 12.1 Å². The quantitative estimate of drug-likeness (QED) is 0.441. The Morgan fingerprint density at radius 1 is 1.08 bits per heavy atom. The van der Waals surface area contributed by atoms with Gasteiger partial charge in [-0.2, -0.15) is 0 Å². The minimum atomic E-state index is -0.663. The largest absolute Gasteiger partial charge is 0.733 e. The molecule has 25 heavy (non-hydrogen) atoms. The molecule has 0 heterocycles. The highest BCUT2D eigenvalue weighted by molar-refractivity contribution is 6.22. The smallest absolute Gasteiger partial charge is 0.338 e. The predicted molar refractivity (Wildman–Crippen MR) is 93.5 cm³/mol. The van der Waals surface area contributed by atoms with Crippen LogP contribution in [-0.2, 0) is 4.74 Å². The van der Waals surface area contributed by atoms with Crippen molar-refractivity contribution in [3.05, 3.63) is 47.2 Å². The number of ether oxygens (including phenoxy) is 3. The van der Waals surface area contributed by atoms with Gasteiger partial charge in [-0.25, -0.2) is 4.79 Å². The van der Waals surface area contributed by atoms with Crippen LogP contribution in [0.1, 0.15) is 10.4 Å². The lowest BCUT2D eigenvalue weighted by molar-refractivity contribution is 0.0602. The monoisotopic (exact) mass is 342 g/mol. The molecule has 0 fully saturated rings. The number of carbonyl (C=O) groups is 1. The molecule has 3 aromatic rings. The summed E-state index contributed by atoms with van der Waals surface area (Å²) in [5.41, 5.74) is 0.000793. The molecule has 0 aliphatic rings. The number of carbonyl (C=O) groups excluding carboxylic acids is 1. The summed E-state index contributed by atoms with van der Waals surface area (Å²) in [6.07, 6.45) is 0. The van der Waals surface area contributed by atoms with Crippen molar-refractivity contribution in [2.75, 3.05) is 26.6 Å². The van der Waals surface area contributed by atoms with Crippen molar-refractivity contribution in [3.8, 4) is 11.5 Å². The van der Waals surface area contributed by atoms with Gasteiger partial charge in [0.15, 0.2) is 11.5 Å². The van der Waals surface area contributed by atoms with E-state index in [2.05, 4.69) is 0 Å². The van der Waals surface area contributed by atoms with Crippen molar-refractivity contribution < 1.29 is 24.2 Å². The number of benzene rings is 3. The zero-order chi connectivity index (χ0) is 18.1. The maximum Gasteiger partial charge on any atom is 0.338 e. The van der Waals surface area contributed by atoms with Crippen LogP contribution in [0.5, 0.6) is 11.5 Å². The standard InChI is InChI=1S/C18H16NO6/c1-23-14-9-12(18(20)25-3)15-13(19(21)22)8-10-6-4-5-7-11(10)16(15)17(14)24-2/h4-9,21H,1-3H3/q-1. The summed E-state index contributed by atoms with van der Waals surface area (Å²) in [5.74, 6) is 0.00230. The van der Waals surface area contributed by atoms with Crippen LogP contribution in [0, 0.1) is 5.21 Å². The van der Waals surface area contributed by atoms with E-state index in [0.29, 0.717) is 22.3 Å². The Hall–Kier alpha value is -3.03. The second-order valence-electron chi connectivity index (χ2n) is 5.29. The molecule has 3 aromatic carbocycles. The number of fused-ring (bicyclic) bond motifs is 3. The maximum atomic E-state index is 12.3. The molecule has 0 saturated heterocycles. The van der Waals surface area contributed by atoms with Gasteiger partial charge >= 0.3 is 5.97 Å². The van der Waals surface area contributed by atoms with E-state index in [1.165, 1.54) is 33.5 Å². The van der Waals surface area contributed by atoms with Crippen molar-refractivity contribution >= 4 is 33.2 Å². The Morgan fingerprint density at radius 3 is 2.40 bits per heavy atom. The van der Waals surface area contributed by atoms with E-state index in [1.807, 2.05) is 12.1 Å². The predicted octanol–water partition coefficient (Wildman–Crippen LogP) is 3.49. The van der Waals surface area contributed by atoms with E-state index in [-0.39, 0.29) is 21.9 Å². The van der Waals surface area contributed by atoms with Crippen molar-refractivity contribution in [1.82, 2.24) is 0 Å². The van der Waals surface area contributed by atoms with Gasteiger partial charge < -0.3 is 24.6 Å². The molecule has 0 aliphatic heterocycles. The van der Waals surface area contributed by atoms with Crippen LogP contribution in [0.2, 0.25) is 0 Å². The fraction of sp³-hybridized carbons (Fsp3) is 0.167. The first-order chi connectivity index (χ1) is 12.0. The summed E-state index contributed by atoms with van der Waals surface area (Å²) in [7, 11) is 4.15. The van der Waals surface area contributed by atoms with E-state index in [4.69, 9.17) is 14.2 Å². The second kappa shape index (κ2) is 6.46. The summed E-state index contributed by atoms with van der Waals surface area (Å²) in [6.45, 7) is 0. The first-order valence-electron chi connectivity index (χ1n) is 7.38. The Balaban J connectivity index is 2.65. The summed E-state index contributed by atoms with van der Waals surface area (Å²) >= 11 is 0. The van der Waals surface area contributed by atoms with Crippen LogP contribution >= 0.6 is 0 Å². The van der Waals surface area contributed by atoms with E-state index < -0.39 is 5.97 Å². The van der Waals surface area contributed by atoms with Gasteiger partial charge in [-0.1, -0.05) is 24.3 Å². The third-order valence-electron chi connectivity index (χ3n) is 4.06. The van der Waals surface area contributed by atoms with Gasteiger partial charge in [0.1, 0.15) is 0 Å². The normalized spacial score (nSPS) is 10.8. The Labute approximate surface area is 143 Å². The van der Waals surface area contributed by atoms with Gasteiger partial charge in [0, 0.05) is 10.8 Å². The molecule has 3 rings (SSSR count). The molecule has 0 unspecified atom stereocenters. The fourth-order valence-corrected chi connectivity index (χ4v) is 3.01. The van der Waals surface area contributed by atoms with Gasteiger partial charge in [0.2, 0.25) is 0 Å². The van der Waals surface area contributed by atoms with E-state index in [0.717, 1.165) is 5.39 Å². The Bertz CT molecular complexity index is 967. The van der Waals surface area contributed by atoms with Gasteiger partial charge in [0.05, 0.1) is 32.6 Å². The lowest BCUT2D eigenvalue weighted by Gasteiger charge is -2.26.